The highest BCUT2D eigenvalue weighted by molar-refractivity contribution is 7.91. The van der Waals surface area contributed by atoms with E-state index in [1.807, 2.05) is 12.1 Å². The number of hydrogen-bond acceptors (Lipinski definition) is 4. The number of rotatable bonds is 5. The van der Waals surface area contributed by atoms with Crippen molar-refractivity contribution in [1.82, 2.24) is 4.98 Å². The summed E-state index contributed by atoms with van der Waals surface area (Å²) in [6.07, 6.45) is 2.88. The van der Waals surface area contributed by atoms with Crippen LogP contribution in [0.3, 0.4) is 0 Å². The van der Waals surface area contributed by atoms with E-state index in [0.717, 1.165) is 5.56 Å². The molecule has 1 aromatic rings. The lowest BCUT2D eigenvalue weighted by molar-refractivity contribution is 0.584. The highest BCUT2D eigenvalue weighted by atomic mass is 32.2. The third-order valence-corrected chi connectivity index (χ3v) is 4.81. The van der Waals surface area contributed by atoms with Gasteiger partial charge in [0.2, 0.25) is 0 Å². The first-order chi connectivity index (χ1) is 7.43. The Morgan fingerprint density at radius 1 is 1.44 bits per heavy atom. The maximum atomic E-state index is 11.6. The summed E-state index contributed by atoms with van der Waals surface area (Å²) in [5, 5.41) is -0.307. The van der Waals surface area contributed by atoms with Crippen molar-refractivity contribution in [2.75, 3.05) is 11.5 Å². The van der Waals surface area contributed by atoms with E-state index >= 15 is 0 Å². The van der Waals surface area contributed by atoms with Gasteiger partial charge in [-0.3, -0.25) is 0 Å². The normalized spacial score (nSPS) is 11.9. The number of nitrogens with zero attached hydrogens (tertiary/aromatic N) is 1. The number of pyridine rings is 1. The number of hydrogen-bond donors (Lipinski definition) is 1. The predicted octanol–water partition coefficient (Wildman–Crippen LogP) is 1.42. The molecule has 90 valence electrons. The van der Waals surface area contributed by atoms with Crippen LogP contribution < -0.4 is 5.73 Å². The topological polar surface area (TPSA) is 73.0 Å². The monoisotopic (exact) mass is 242 g/mol. The van der Waals surface area contributed by atoms with Gasteiger partial charge in [-0.05, 0) is 38.3 Å². The van der Waals surface area contributed by atoms with Gasteiger partial charge in [-0.15, -0.1) is 0 Å². The van der Waals surface area contributed by atoms with Crippen molar-refractivity contribution in [2.45, 2.75) is 31.9 Å². The Hall–Kier alpha value is -1.10. The van der Waals surface area contributed by atoms with Crippen LogP contribution in [0.15, 0.2) is 18.3 Å². The molecule has 0 amide bonds. The summed E-state index contributed by atoms with van der Waals surface area (Å²) in [6, 6.07) is 3.69. The minimum absolute atomic E-state index is 0.207. The standard InChI is InChI=1S/C11H18N2O2S/c1-9(2)16(14,15)8-4-6-10-5-3-7-13-11(10)12/h3,5,7,9H,4,6,8H2,1-2H3,(H2,12,13). The van der Waals surface area contributed by atoms with Gasteiger partial charge in [0, 0.05) is 6.20 Å². The third-order valence-electron chi connectivity index (χ3n) is 2.52. The summed E-state index contributed by atoms with van der Waals surface area (Å²) in [4.78, 5) is 3.96. The van der Waals surface area contributed by atoms with Crippen LogP contribution >= 0.6 is 0 Å². The molecule has 0 aliphatic rings. The zero-order valence-electron chi connectivity index (χ0n) is 9.68. The zero-order chi connectivity index (χ0) is 12.2. The van der Waals surface area contributed by atoms with Gasteiger partial charge in [-0.1, -0.05) is 6.07 Å². The maximum absolute atomic E-state index is 11.6. The fourth-order valence-electron chi connectivity index (χ4n) is 1.36. The van der Waals surface area contributed by atoms with Crippen LogP contribution in [0.2, 0.25) is 0 Å². The van der Waals surface area contributed by atoms with E-state index in [4.69, 9.17) is 5.73 Å². The van der Waals surface area contributed by atoms with Gasteiger partial charge in [0.1, 0.15) is 5.82 Å². The molecule has 0 aliphatic heterocycles. The SMILES string of the molecule is CC(C)S(=O)(=O)CCCc1cccnc1N. The van der Waals surface area contributed by atoms with E-state index in [1.165, 1.54) is 0 Å². The lowest BCUT2D eigenvalue weighted by atomic mass is 10.1. The van der Waals surface area contributed by atoms with Crippen LogP contribution in [0.5, 0.6) is 0 Å². The lowest BCUT2D eigenvalue weighted by Gasteiger charge is -2.08. The van der Waals surface area contributed by atoms with Crippen LogP contribution in [0.4, 0.5) is 5.82 Å². The van der Waals surface area contributed by atoms with Crippen LogP contribution in [-0.2, 0) is 16.3 Å². The molecule has 16 heavy (non-hydrogen) atoms. The molecule has 1 aromatic heterocycles. The molecule has 0 bridgehead atoms. The second-order valence-corrected chi connectivity index (χ2v) is 6.74. The van der Waals surface area contributed by atoms with E-state index in [9.17, 15) is 8.42 Å². The minimum Gasteiger partial charge on any atom is -0.383 e. The predicted molar refractivity (Wildman–Crippen MR) is 65.9 cm³/mol. The van der Waals surface area contributed by atoms with Crippen LogP contribution in [0.25, 0.3) is 0 Å². The Morgan fingerprint density at radius 2 is 2.12 bits per heavy atom. The van der Waals surface area contributed by atoms with E-state index in [-0.39, 0.29) is 11.0 Å². The maximum Gasteiger partial charge on any atom is 0.152 e. The summed E-state index contributed by atoms with van der Waals surface area (Å²) < 4.78 is 23.1. The molecule has 0 aliphatic carbocycles. The quantitative estimate of drug-likeness (QED) is 0.847. The van der Waals surface area contributed by atoms with Crippen molar-refractivity contribution in [3.63, 3.8) is 0 Å². The second kappa shape index (κ2) is 5.30. The second-order valence-electron chi connectivity index (χ2n) is 4.07. The molecular formula is C11H18N2O2S. The molecule has 2 N–H and O–H groups in total. The summed E-state index contributed by atoms with van der Waals surface area (Å²) >= 11 is 0. The number of aromatic nitrogens is 1. The molecular weight excluding hydrogens is 224 g/mol. The highest BCUT2D eigenvalue weighted by Gasteiger charge is 2.15. The Labute approximate surface area is 96.8 Å². The van der Waals surface area contributed by atoms with Gasteiger partial charge in [-0.25, -0.2) is 13.4 Å². The Kier molecular flexibility index (Phi) is 4.29. The minimum atomic E-state index is -2.94. The van der Waals surface area contributed by atoms with Crippen LogP contribution in [-0.4, -0.2) is 24.4 Å². The third kappa shape index (κ3) is 3.48. The Morgan fingerprint density at radius 3 is 2.69 bits per heavy atom. The van der Waals surface area contributed by atoms with Crippen LogP contribution in [0, 0.1) is 0 Å². The molecule has 0 aromatic carbocycles. The number of nitrogens with two attached hydrogens (primary N) is 1. The van der Waals surface area contributed by atoms with Crippen molar-refractivity contribution in [3.05, 3.63) is 23.9 Å². The molecule has 0 fully saturated rings. The van der Waals surface area contributed by atoms with Gasteiger partial charge in [-0.2, -0.15) is 0 Å². The zero-order valence-corrected chi connectivity index (χ0v) is 10.5. The molecule has 0 atom stereocenters. The molecule has 1 heterocycles. The van der Waals surface area contributed by atoms with Gasteiger partial charge < -0.3 is 5.73 Å². The smallest absolute Gasteiger partial charge is 0.152 e. The Balaban J connectivity index is 2.52. The molecule has 0 unspecified atom stereocenters. The molecule has 0 saturated carbocycles. The molecule has 0 spiro atoms. The largest absolute Gasteiger partial charge is 0.383 e. The van der Waals surface area contributed by atoms with E-state index in [2.05, 4.69) is 4.98 Å². The van der Waals surface area contributed by atoms with Crippen molar-refractivity contribution in [2.24, 2.45) is 0 Å². The average Bonchev–Trinajstić information content (AvgIpc) is 2.20. The van der Waals surface area contributed by atoms with Crippen molar-refractivity contribution in [1.29, 1.82) is 0 Å². The van der Waals surface area contributed by atoms with Crippen molar-refractivity contribution < 1.29 is 8.42 Å². The van der Waals surface area contributed by atoms with Crippen molar-refractivity contribution in [3.8, 4) is 0 Å². The van der Waals surface area contributed by atoms with Gasteiger partial charge >= 0.3 is 0 Å². The summed E-state index contributed by atoms with van der Waals surface area (Å²) in [5.74, 6) is 0.698. The summed E-state index contributed by atoms with van der Waals surface area (Å²) in [5.41, 5.74) is 6.59. The fraction of sp³-hybridized carbons (Fsp3) is 0.545. The van der Waals surface area contributed by atoms with E-state index in [0.29, 0.717) is 18.7 Å². The molecule has 1 rings (SSSR count). The lowest BCUT2D eigenvalue weighted by Crippen LogP contribution is -2.18. The highest BCUT2D eigenvalue weighted by Crippen LogP contribution is 2.11. The molecule has 5 heteroatoms. The molecule has 0 radical (unpaired) electrons. The summed E-state index contributed by atoms with van der Waals surface area (Å²) in [7, 11) is -2.94. The first-order valence-corrected chi connectivity index (χ1v) is 7.06. The molecule has 4 nitrogen and oxygen atoms in total. The number of aryl methyl sites for hydroxylation is 1. The molecule has 0 saturated heterocycles. The number of sulfone groups is 1. The summed E-state index contributed by atoms with van der Waals surface area (Å²) in [6.45, 7) is 3.40. The Bertz CT molecular complexity index is 441. The first-order valence-electron chi connectivity index (χ1n) is 5.34. The number of anilines is 1. The van der Waals surface area contributed by atoms with E-state index in [1.54, 1.807) is 20.0 Å². The van der Waals surface area contributed by atoms with Crippen molar-refractivity contribution >= 4 is 15.7 Å². The van der Waals surface area contributed by atoms with Gasteiger partial charge in [0.05, 0.1) is 11.0 Å². The first kappa shape index (κ1) is 13.0. The van der Waals surface area contributed by atoms with E-state index < -0.39 is 9.84 Å². The average molecular weight is 242 g/mol. The van der Waals surface area contributed by atoms with Gasteiger partial charge in [0.15, 0.2) is 9.84 Å². The van der Waals surface area contributed by atoms with Gasteiger partial charge in [0.25, 0.3) is 0 Å². The van der Waals surface area contributed by atoms with Crippen LogP contribution in [0.1, 0.15) is 25.8 Å². The fourth-order valence-corrected chi connectivity index (χ4v) is 2.38. The number of nitrogen functional groups attached to an aromatic ring is 1.